The van der Waals surface area contributed by atoms with Gasteiger partial charge in [0.2, 0.25) is 0 Å². The Balaban J connectivity index is 2.29. The second-order valence-electron chi connectivity index (χ2n) is 3.77. The van der Waals surface area contributed by atoms with Gasteiger partial charge in [0.05, 0.1) is 6.42 Å². The summed E-state index contributed by atoms with van der Waals surface area (Å²) in [5.41, 5.74) is 0. The number of nitrogens with one attached hydrogen (secondary N) is 1. The van der Waals surface area contributed by atoms with E-state index in [-0.39, 0.29) is 19.0 Å². The van der Waals surface area contributed by atoms with Crippen molar-refractivity contribution in [2.45, 2.75) is 38.6 Å². The monoisotopic (exact) mass is 214 g/mol. The third kappa shape index (κ3) is 3.42. The molecule has 2 amide bonds. The number of carboxylic acid groups (broad SMARTS) is 1. The molecule has 1 aliphatic heterocycles. The van der Waals surface area contributed by atoms with E-state index < -0.39 is 5.97 Å². The van der Waals surface area contributed by atoms with Crippen molar-refractivity contribution in [3.63, 3.8) is 0 Å². The van der Waals surface area contributed by atoms with Crippen molar-refractivity contribution >= 4 is 12.0 Å². The van der Waals surface area contributed by atoms with Gasteiger partial charge in [0.15, 0.2) is 0 Å². The van der Waals surface area contributed by atoms with Crippen LogP contribution in [0.1, 0.15) is 32.6 Å². The van der Waals surface area contributed by atoms with Crippen molar-refractivity contribution < 1.29 is 14.7 Å². The Bertz CT molecular complexity index is 243. The van der Waals surface area contributed by atoms with E-state index in [0.29, 0.717) is 6.04 Å². The van der Waals surface area contributed by atoms with Gasteiger partial charge in [-0.05, 0) is 19.3 Å². The van der Waals surface area contributed by atoms with Crippen LogP contribution in [0.3, 0.4) is 0 Å². The molecule has 0 radical (unpaired) electrons. The van der Waals surface area contributed by atoms with Crippen molar-refractivity contribution in [2.75, 3.05) is 13.1 Å². The normalized spacial score (nSPS) is 20.3. The number of carboxylic acids is 1. The molecule has 0 aromatic carbocycles. The number of rotatable bonds is 4. The number of likely N-dealkylation sites (tertiary alicyclic amines) is 1. The predicted octanol–water partition coefficient (Wildman–Crippen LogP) is 1.05. The lowest BCUT2D eigenvalue weighted by Gasteiger charge is -2.23. The van der Waals surface area contributed by atoms with Crippen molar-refractivity contribution in [2.24, 2.45) is 0 Å². The average molecular weight is 214 g/mol. The van der Waals surface area contributed by atoms with Gasteiger partial charge in [0.25, 0.3) is 0 Å². The van der Waals surface area contributed by atoms with Gasteiger partial charge in [-0.1, -0.05) is 6.92 Å². The molecule has 0 aromatic rings. The van der Waals surface area contributed by atoms with E-state index in [1.165, 1.54) is 0 Å². The van der Waals surface area contributed by atoms with E-state index in [4.69, 9.17) is 5.11 Å². The maximum absolute atomic E-state index is 11.6. The van der Waals surface area contributed by atoms with E-state index in [1.54, 1.807) is 0 Å². The summed E-state index contributed by atoms with van der Waals surface area (Å²) in [6.45, 7) is 3.06. The number of hydrogen-bond donors (Lipinski definition) is 2. The highest BCUT2D eigenvalue weighted by atomic mass is 16.4. The molecule has 2 N–H and O–H groups in total. The first-order valence-corrected chi connectivity index (χ1v) is 5.41. The minimum absolute atomic E-state index is 0.0175. The fourth-order valence-corrected chi connectivity index (χ4v) is 1.91. The second kappa shape index (κ2) is 5.58. The molecule has 1 atom stereocenters. The van der Waals surface area contributed by atoms with E-state index in [2.05, 4.69) is 12.2 Å². The zero-order chi connectivity index (χ0) is 11.3. The molecule has 1 rings (SSSR count). The van der Waals surface area contributed by atoms with Crippen molar-refractivity contribution in [1.29, 1.82) is 0 Å². The molecule has 86 valence electrons. The minimum Gasteiger partial charge on any atom is -0.481 e. The van der Waals surface area contributed by atoms with E-state index in [9.17, 15) is 9.59 Å². The molecule has 1 heterocycles. The largest absolute Gasteiger partial charge is 0.481 e. The Hall–Kier alpha value is -1.26. The van der Waals surface area contributed by atoms with Gasteiger partial charge in [-0.15, -0.1) is 0 Å². The number of hydrogen-bond acceptors (Lipinski definition) is 2. The molecule has 0 saturated carbocycles. The number of aliphatic carboxylic acids is 1. The third-order valence-electron chi connectivity index (χ3n) is 2.72. The van der Waals surface area contributed by atoms with Crippen LogP contribution in [0, 0.1) is 0 Å². The summed E-state index contributed by atoms with van der Waals surface area (Å²) in [7, 11) is 0. The summed E-state index contributed by atoms with van der Waals surface area (Å²) in [5, 5.41) is 11.1. The summed E-state index contributed by atoms with van der Waals surface area (Å²) >= 11 is 0. The molecule has 0 aromatic heterocycles. The Morgan fingerprint density at radius 3 is 2.87 bits per heavy atom. The maximum Gasteiger partial charge on any atom is 0.317 e. The van der Waals surface area contributed by atoms with Crippen molar-refractivity contribution in [1.82, 2.24) is 10.2 Å². The van der Waals surface area contributed by atoms with Crippen molar-refractivity contribution in [3.8, 4) is 0 Å². The van der Waals surface area contributed by atoms with Crippen LogP contribution >= 0.6 is 0 Å². The van der Waals surface area contributed by atoms with Crippen LogP contribution in [0.25, 0.3) is 0 Å². The smallest absolute Gasteiger partial charge is 0.317 e. The summed E-state index contributed by atoms with van der Waals surface area (Å²) in [6, 6.07) is 0.204. The first-order valence-electron chi connectivity index (χ1n) is 5.41. The van der Waals surface area contributed by atoms with Crippen LogP contribution in [0.15, 0.2) is 0 Å². The quantitative estimate of drug-likeness (QED) is 0.734. The molecule has 1 saturated heterocycles. The molecule has 15 heavy (non-hydrogen) atoms. The maximum atomic E-state index is 11.6. The molecule has 1 aliphatic rings. The number of carbonyl (C=O) groups is 2. The fraction of sp³-hybridized carbons (Fsp3) is 0.800. The Labute approximate surface area is 89.4 Å². The Morgan fingerprint density at radius 2 is 2.27 bits per heavy atom. The Morgan fingerprint density at radius 1 is 1.53 bits per heavy atom. The van der Waals surface area contributed by atoms with Crippen LogP contribution in [-0.2, 0) is 4.79 Å². The summed E-state index contributed by atoms with van der Waals surface area (Å²) < 4.78 is 0. The van der Waals surface area contributed by atoms with Crippen molar-refractivity contribution in [3.05, 3.63) is 0 Å². The summed E-state index contributed by atoms with van der Waals surface area (Å²) in [5.74, 6) is -0.885. The highest BCUT2D eigenvalue weighted by Crippen LogP contribution is 2.19. The Kier molecular flexibility index (Phi) is 4.39. The summed E-state index contributed by atoms with van der Waals surface area (Å²) in [4.78, 5) is 23.7. The minimum atomic E-state index is -0.885. The first kappa shape index (κ1) is 11.8. The third-order valence-corrected chi connectivity index (χ3v) is 2.72. The van der Waals surface area contributed by atoms with Gasteiger partial charge in [0, 0.05) is 19.1 Å². The molecule has 0 aliphatic carbocycles. The molecule has 0 bridgehead atoms. The zero-order valence-corrected chi connectivity index (χ0v) is 9.03. The second-order valence-corrected chi connectivity index (χ2v) is 3.77. The van der Waals surface area contributed by atoms with Crippen LogP contribution in [0.4, 0.5) is 4.79 Å². The highest BCUT2D eigenvalue weighted by molar-refractivity contribution is 5.75. The molecular formula is C10H18N2O3. The molecule has 1 unspecified atom stereocenters. The molecule has 5 heteroatoms. The van der Waals surface area contributed by atoms with E-state index in [0.717, 1.165) is 25.8 Å². The van der Waals surface area contributed by atoms with Crippen LogP contribution in [0.2, 0.25) is 0 Å². The zero-order valence-electron chi connectivity index (χ0n) is 9.03. The lowest BCUT2D eigenvalue weighted by atomic mass is 10.2. The fourth-order valence-electron chi connectivity index (χ4n) is 1.91. The molecule has 5 nitrogen and oxygen atoms in total. The number of amides is 2. The standard InChI is InChI=1S/C10H18N2O3/c1-2-8-4-3-7-12(8)10(15)11-6-5-9(13)14/h8H,2-7H2,1H3,(H,11,15)(H,13,14). The van der Waals surface area contributed by atoms with Gasteiger partial charge in [-0.25, -0.2) is 4.79 Å². The van der Waals surface area contributed by atoms with Gasteiger partial charge in [-0.2, -0.15) is 0 Å². The SMILES string of the molecule is CCC1CCCN1C(=O)NCCC(=O)O. The molecular weight excluding hydrogens is 196 g/mol. The first-order chi connectivity index (χ1) is 7.15. The van der Waals surface area contributed by atoms with Crippen LogP contribution < -0.4 is 5.32 Å². The lowest BCUT2D eigenvalue weighted by Crippen LogP contribution is -2.43. The topological polar surface area (TPSA) is 69.6 Å². The summed E-state index contributed by atoms with van der Waals surface area (Å²) in [6.07, 6.45) is 3.05. The van der Waals surface area contributed by atoms with Gasteiger partial charge < -0.3 is 15.3 Å². The van der Waals surface area contributed by atoms with E-state index in [1.807, 2.05) is 4.90 Å². The van der Waals surface area contributed by atoms with E-state index >= 15 is 0 Å². The molecule has 1 fully saturated rings. The van der Waals surface area contributed by atoms with Gasteiger partial charge in [-0.3, -0.25) is 4.79 Å². The number of nitrogens with zero attached hydrogens (tertiary/aromatic N) is 1. The highest BCUT2D eigenvalue weighted by Gasteiger charge is 2.26. The lowest BCUT2D eigenvalue weighted by molar-refractivity contribution is -0.136. The molecule has 0 spiro atoms. The number of carbonyl (C=O) groups excluding carboxylic acids is 1. The van der Waals surface area contributed by atoms with Gasteiger partial charge in [0.1, 0.15) is 0 Å². The number of urea groups is 1. The average Bonchev–Trinajstić information content (AvgIpc) is 2.64. The van der Waals surface area contributed by atoms with Crippen LogP contribution in [0.5, 0.6) is 0 Å². The van der Waals surface area contributed by atoms with Crippen LogP contribution in [-0.4, -0.2) is 41.1 Å². The van der Waals surface area contributed by atoms with Gasteiger partial charge >= 0.3 is 12.0 Å². The predicted molar refractivity (Wildman–Crippen MR) is 55.7 cm³/mol.